The summed E-state index contributed by atoms with van der Waals surface area (Å²) in [5.74, 6) is 0. The average Bonchev–Trinajstić information content (AvgIpc) is 2.74. The zero-order valence-corrected chi connectivity index (χ0v) is 7.83. The maximum Gasteiger partial charge on any atom is 0.0960 e. The minimum absolute atomic E-state index is 0.447. The first-order valence-electron chi connectivity index (χ1n) is 4.09. The summed E-state index contributed by atoms with van der Waals surface area (Å²) in [6, 6.07) is 5.80. The van der Waals surface area contributed by atoms with Crippen LogP contribution in [0.15, 0.2) is 40.5 Å². The molecule has 0 saturated carbocycles. The molecule has 0 spiro atoms. The molecule has 2 nitrogen and oxygen atoms in total. The SMILES string of the molecule is OC(Cc1cccs1)c1ccoc1. The molecule has 1 atom stereocenters. The predicted molar refractivity (Wildman–Crippen MR) is 51.7 cm³/mol. The number of thiophene rings is 1. The first-order valence-corrected chi connectivity index (χ1v) is 4.97. The molecule has 0 bridgehead atoms. The quantitative estimate of drug-likeness (QED) is 0.814. The van der Waals surface area contributed by atoms with E-state index in [9.17, 15) is 5.11 Å². The topological polar surface area (TPSA) is 33.4 Å². The van der Waals surface area contributed by atoms with Crippen molar-refractivity contribution in [2.75, 3.05) is 0 Å². The van der Waals surface area contributed by atoms with Crippen LogP contribution >= 0.6 is 11.3 Å². The molecule has 0 aliphatic heterocycles. The van der Waals surface area contributed by atoms with Gasteiger partial charge in [0.05, 0.1) is 18.6 Å². The van der Waals surface area contributed by atoms with E-state index in [1.807, 2.05) is 17.5 Å². The highest BCUT2D eigenvalue weighted by molar-refractivity contribution is 7.09. The van der Waals surface area contributed by atoms with E-state index in [1.54, 1.807) is 29.9 Å². The van der Waals surface area contributed by atoms with Crippen LogP contribution in [0.3, 0.4) is 0 Å². The van der Waals surface area contributed by atoms with E-state index >= 15 is 0 Å². The van der Waals surface area contributed by atoms with Crippen LogP contribution in [0, 0.1) is 0 Å². The smallest absolute Gasteiger partial charge is 0.0960 e. The van der Waals surface area contributed by atoms with Crippen molar-refractivity contribution >= 4 is 11.3 Å². The van der Waals surface area contributed by atoms with Crippen LogP contribution in [0.1, 0.15) is 16.5 Å². The molecule has 0 aliphatic rings. The number of hydrogen-bond donors (Lipinski definition) is 1. The number of aliphatic hydroxyl groups excluding tert-OH is 1. The van der Waals surface area contributed by atoms with E-state index < -0.39 is 6.10 Å². The van der Waals surface area contributed by atoms with Crippen LogP contribution in [-0.4, -0.2) is 5.11 Å². The third-order valence-corrected chi connectivity index (χ3v) is 2.80. The van der Waals surface area contributed by atoms with Crippen molar-refractivity contribution in [3.63, 3.8) is 0 Å². The Morgan fingerprint density at radius 1 is 1.46 bits per heavy atom. The third-order valence-electron chi connectivity index (χ3n) is 1.90. The van der Waals surface area contributed by atoms with Gasteiger partial charge in [0.2, 0.25) is 0 Å². The van der Waals surface area contributed by atoms with Crippen LogP contribution in [0.25, 0.3) is 0 Å². The molecule has 68 valence electrons. The van der Waals surface area contributed by atoms with Gasteiger partial charge in [-0.3, -0.25) is 0 Å². The van der Waals surface area contributed by atoms with Crippen molar-refractivity contribution in [3.8, 4) is 0 Å². The fourth-order valence-corrected chi connectivity index (χ4v) is 1.94. The third kappa shape index (κ3) is 1.99. The van der Waals surface area contributed by atoms with Gasteiger partial charge in [-0.05, 0) is 17.5 Å². The van der Waals surface area contributed by atoms with E-state index in [4.69, 9.17) is 4.42 Å². The Hall–Kier alpha value is -1.06. The first-order chi connectivity index (χ1) is 6.36. The van der Waals surface area contributed by atoms with Crippen molar-refractivity contribution in [2.24, 2.45) is 0 Å². The second kappa shape index (κ2) is 3.77. The minimum atomic E-state index is -0.447. The highest BCUT2D eigenvalue weighted by Crippen LogP contribution is 2.20. The lowest BCUT2D eigenvalue weighted by Crippen LogP contribution is -1.98. The van der Waals surface area contributed by atoms with Crippen LogP contribution in [0.2, 0.25) is 0 Å². The molecule has 2 heterocycles. The largest absolute Gasteiger partial charge is 0.472 e. The zero-order chi connectivity index (χ0) is 9.10. The predicted octanol–water partition coefficient (Wildman–Crippen LogP) is 2.62. The molecule has 0 aliphatic carbocycles. The molecule has 2 rings (SSSR count). The summed E-state index contributed by atoms with van der Waals surface area (Å²) in [4.78, 5) is 1.19. The standard InChI is InChI=1S/C10H10O2S/c11-10(8-3-4-12-7-8)6-9-2-1-5-13-9/h1-5,7,10-11H,6H2. The molecule has 1 N–H and O–H groups in total. The highest BCUT2D eigenvalue weighted by Gasteiger charge is 2.09. The Bertz CT molecular complexity index is 337. The van der Waals surface area contributed by atoms with Gasteiger partial charge >= 0.3 is 0 Å². The number of aliphatic hydroxyl groups is 1. The van der Waals surface area contributed by atoms with Crippen LogP contribution in [0.5, 0.6) is 0 Å². The monoisotopic (exact) mass is 194 g/mol. The van der Waals surface area contributed by atoms with Crippen LogP contribution in [0.4, 0.5) is 0 Å². The summed E-state index contributed by atoms with van der Waals surface area (Å²) in [5.41, 5.74) is 0.841. The first kappa shape index (κ1) is 8.53. The van der Waals surface area contributed by atoms with Crippen molar-refractivity contribution in [2.45, 2.75) is 12.5 Å². The fraction of sp³-hybridized carbons (Fsp3) is 0.200. The molecule has 3 heteroatoms. The van der Waals surface area contributed by atoms with E-state index in [0.29, 0.717) is 6.42 Å². The van der Waals surface area contributed by atoms with Gasteiger partial charge in [0.1, 0.15) is 0 Å². The fourth-order valence-electron chi connectivity index (χ4n) is 1.20. The molecule has 2 aromatic rings. The van der Waals surface area contributed by atoms with E-state index in [1.165, 1.54) is 4.88 Å². The van der Waals surface area contributed by atoms with E-state index in [-0.39, 0.29) is 0 Å². The maximum absolute atomic E-state index is 9.73. The number of hydrogen-bond acceptors (Lipinski definition) is 3. The summed E-state index contributed by atoms with van der Waals surface area (Å²) in [6.07, 6.45) is 3.38. The van der Waals surface area contributed by atoms with Crippen molar-refractivity contribution in [3.05, 3.63) is 46.5 Å². The van der Waals surface area contributed by atoms with Gasteiger partial charge in [0, 0.05) is 16.9 Å². The Balaban J connectivity index is 2.04. The highest BCUT2D eigenvalue weighted by atomic mass is 32.1. The molecular weight excluding hydrogens is 184 g/mol. The molecule has 1 unspecified atom stereocenters. The normalized spacial score (nSPS) is 13.0. The van der Waals surface area contributed by atoms with Crippen LogP contribution in [-0.2, 0) is 6.42 Å². The van der Waals surface area contributed by atoms with Gasteiger partial charge in [0.15, 0.2) is 0 Å². The second-order valence-electron chi connectivity index (χ2n) is 2.86. The van der Waals surface area contributed by atoms with Gasteiger partial charge in [0.25, 0.3) is 0 Å². The van der Waals surface area contributed by atoms with Crippen LogP contribution < -0.4 is 0 Å². The average molecular weight is 194 g/mol. The lowest BCUT2D eigenvalue weighted by atomic mass is 10.1. The summed E-state index contributed by atoms with van der Waals surface area (Å²) >= 11 is 1.66. The summed E-state index contributed by atoms with van der Waals surface area (Å²) in [7, 11) is 0. The maximum atomic E-state index is 9.73. The lowest BCUT2D eigenvalue weighted by molar-refractivity contribution is 0.178. The van der Waals surface area contributed by atoms with Crippen molar-refractivity contribution in [1.82, 2.24) is 0 Å². The van der Waals surface area contributed by atoms with Gasteiger partial charge in [-0.25, -0.2) is 0 Å². The Labute approximate surface area is 80.4 Å². The van der Waals surface area contributed by atoms with Gasteiger partial charge < -0.3 is 9.52 Å². The van der Waals surface area contributed by atoms with E-state index in [2.05, 4.69) is 0 Å². The summed E-state index contributed by atoms with van der Waals surface area (Å²) in [6.45, 7) is 0. The molecule has 0 saturated heterocycles. The second-order valence-corrected chi connectivity index (χ2v) is 3.89. The lowest BCUT2D eigenvalue weighted by Gasteiger charge is -2.05. The molecule has 0 radical (unpaired) electrons. The van der Waals surface area contributed by atoms with Gasteiger partial charge in [-0.2, -0.15) is 0 Å². The van der Waals surface area contributed by atoms with Gasteiger partial charge in [-0.15, -0.1) is 11.3 Å². The summed E-state index contributed by atoms with van der Waals surface area (Å²) in [5, 5.41) is 11.7. The van der Waals surface area contributed by atoms with Crippen molar-refractivity contribution in [1.29, 1.82) is 0 Å². The Kier molecular flexibility index (Phi) is 2.47. The number of rotatable bonds is 3. The van der Waals surface area contributed by atoms with E-state index in [0.717, 1.165) is 5.56 Å². The molecule has 0 fully saturated rings. The molecule has 13 heavy (non-hydrogen) atoms. The molecule has 2 aromatic heterocycles. The Morgan fingerprint density at radius 3 is 3.00 bits per heavy atom. The zero-order valence-electron chi connectivity index (χ0n) is 7.01. The molecule has 0 aromatic carbocycles. The Morgan fingerprint density at radius 2 is 2.38 bits per heavy atom. The van der Waals surface area contributed by atoms with Crippen molar-refractivity contribution < 1.29 is 9.52 Å². The minimum Gasteiger partial charge on any atom is -0.472 e. The molecular formula is C10H10O2S. The van der Waals surface area contributed by atoms with Gasteiger partial charge in [-0.1, -0.05) is 6.07 Å². The summed E-state index contributed by atoms with van der Waals surface area (Å²) < 4.78 is 4.90. The molecule has 0 amide bonds. The number of furan rings is 1.